The standard InChI is InChI=1S/C18H19N3O6/c1-27-18(26)13-10-20(8-9-22)17(25)16(13)19-11-2-4-12(5-3-11)21-14(23)6-7-15(21)24/h2-5,19,22H,6-10H2,1H3. The molecule has 9 nitrogen and oxygen atoms in total. The predicted molar refractivity (Wildman–Crippen MR) is 94.5 cm³/mol. The summed E-state index contributed by atoms with van der Waals surface area (Å²) in [7, 11) is 1.23. The van der Waals surface area contributed by atoms with E-state index in [9.17, 15) is 19.2 Å². The van der Waals surface area contributed by atoms with Crippen molar-refractivity contribution in [2.75, 3.05) is 37.0 Å². The van der Waals surface area contributed by atoms with Crippen molar-refractivity contribution in [2.24, 2.45) is 0 Å². The number of methoxy groups -OCH3 is 1. The van der Waals surface area contributed by atoms with Crippen LogP contribution in [-0.2, 0) is 23.9 Å². The highest BCUT2D eigenvalue weighted by molar-refractivity contribution is 6.19. The molecule has 3 rings (SSSR count). The van der Waals surface area contributed by atoms with Gasteiger partial charge in [0.1, 0.15) is 5.70 Å². The molecule has 1 aromatic carbocycles. The number of rotatable bonds is 6. The van der Waals surface area contributed by atoms with E-state index in [0.29, 0.717) is 11.4 Å². The van der Waals surface area contributed by atoms with Crippen molar-refractivity contribution in [3.8, 4) is 0 Å². The van der Waals surface area contributed by atoms with Crippen LogP contribution >= 0.6 is 0 Å². The topological polar surface area (TPSA) is 116 Å². The number of hydrogen-bond acceptors (Lipinski definition) is 7. The van der Waals surface area contributed by atoms with E-state index in [1.807, 2.05) is 0 Å². The Morgan fingerprint density at radius 1 is 1.15 bits per heavy atom. The Kier molecular flexibility index (Phi) is 5.22. The molecule has 0 unspecified atom stereocenters. The van der Waals surface area contributed by atoms with Crippen LogP contribution in [0.2, 0.25) is 0 Å². The van der Waals surface area contributed by atoms with E-state index in [1.165, 1.54) is 12.0 Å². The van der Waals surface area contributed by atoms with Crippen LogP contribution in [0.3, 0.4) is 0 Å². The Morgan fingerprint density at radius 3 is 2.33 bits per heavy atom. The molecular weight excluding hydrogens is 354 g/mol. The van der Waals surface area contributed by atoms with Crippen LogP contribution < -0.4 is 10.2 Å². The first kappa shape index (κ1) is 18.6. The average molecular weight is 373 g/mol. The van der Waals surface area contributed by atoms with E-state index in [0.717, 1.165) is 4.90 Å². The van der Waals surface area contributed by atoms with Gasteiger partial charge in [0, 0.05) is 25.1 Å². The lowest BCUT2D eigenvalue weighted by atomic mass is 10.2. The van der Waals surface area contributed by atoms with E-state index in [-0.39, 0.29) is 55.6 Å². The number of ether oxygens (including phenoxy) is 1. The third kappa shape index (κ3) is 3.54. The van der Waals surface area contributed by atoms with Gasteiger partial charge in [-0.25, -0.2) is 4.79 Å². The molecule has 0 saturated carbocycles. The van der Waals surface area contributed by atoms with Crippen molar-refractivity contribution >= 4 is 35.1 Å². The van der Waals surface area contributed by atoms with Crippen LogP contribution in [0.1, 0.15) is 12.8 Å². The average Bonchev–Trinajstić information content (AvgIpc) is 3.16. The molecule has 3 amide bonds. The second kappa shape index (κ2) is 7.58. The maximum Gasteiger partial charge on any atom is 0.337 e. The minimum absolute atomic E-state index is 0.0449. The Morgan fingerprint density at radius 2 is 1.78 bits per heavy atom. The van der Waals surface area contributed by atoms with Gasteiger partial charge in [0.05, 0.1) is 31.5 Å². The van der Waals surface area contributed by atoms with Gasteiger partial charge in [-0.2, -0.15) is 0 Å². The Bertz CT molecular complexity index is 814. The molecule has 1 saturated heterocycles. The fraction of sp³-hybridized carbons (Fsp3) is 0.333. The smallest absolute Gasteiger partial charge is 0.337 e. The number of imide groups is 1. The molecule has 0 bridgehead atoms. The second-order valence-corrected chi connectivity index (χ2v) is 6.09. The van der Waals surface area contributed by atoms with Gasteiger partial charge < -0.3 is 20.1 Å². The first-order valence-corrected chi connectivity index (χ1v) is 8.40. The van der Waals surface area contributed by atoms with Gasteiger partial charge in [0.15, 0.2) is 0 Å². The number of nitrogens with one attached hydrogen (secondary N) is 1. The van der Waals surface area contributed by atoms with Gasteiger partial charge in [-0.1, -0.05) is 0 Å². The lowest BCUT2D eigenvalue weighted by Crippen LogP contribution is -2.31. The summed E-state index contributed by atoms with van der Waals surface area (Å²) in [6.45, 7) is -0.0774. The normalized spacial score (nSPS) is 17.2. The van der Waals surface area contributed by atoms with Crippen molar-refractivity contribution < 1.29 is 29.0 Å². The summed E-state index contributed by atoms with van der Waals surface area (Å²) in [6, 6.07) is 6.40. The molecule has 9 heteroatoms. The SMILES string of the molecule is COC(=O)C1=C(Nc2ccc(N3C(=O)CCC3=O)cc2)C(=O)N(CCO)C1. The highest BCUT2D eigenvalue weighted by Gasteiger charge is 2.34. The minimum atomic E-state index is -0.629. The number of carbonyl (C=O) groups is 4. The van der Waals surface area contributed by atoms with Crippen LogP contribution in [0.4, 0.5) is 11.4 Å². The Balaban J connectivity index is 1.82. The molecule has 1 fully saturated rings. The Labute approximate surface area is 155 Å². The zero-order valence-electron chi connectivity index (χ0n) is 14.7. The lowest BCUT2D eigenvalue weighted by molar-refractivity contribution is -0.136. The molecular formula is C18H19N3O6. The maximum absolute atomic E-state index is 12.5. The molecule has 0 spiro atoms. The van der Waals surface area contributed by atoms with Crippen molar-refractivity contribution in [1.82, 2.24) is 4.90 Å². The van der Waals surface area contributed by atoms with E-state index in [2.05, 4.69) is 5.32 Å². The third-order valence-electron chi connectivity index (χ3n) is 4.40. The van der Waals surface area contributed by atoms with Gasteiger partial charge >= 0.3 is 5.97 Å². The number of benzene rings is 1. The summed E-state index contributed by atoms with van der Waals surface area (Å²) in [5.41, 5.74) is 1.21. The summed E-state index contributed by atoms with van der Waals surface area (Å²) in [4.78, 5) is 50.5. The Hall–Kier alpha value is -3.20. The largest absolute Gasteiger partial charge is 0.466 e. The van der Waals surface area contributed by atoms with E-state index < -0.39 is 11.9 Å². The van der Waals surface area contributed by atoms with Crippen LogP contribution in [0, 0.1) is 0 Å². The predicted octanol–water partition coefficient (Wildman–Crippen LogP) is 0.0135. The molecule has 0 atom stereocenters. The molecule has 2 aliphatic heterocycles. The van der Waals surface area contributed by atoms with Crippen molar-refractivity contribution in [3.63, 3.8) is 0 Å². The lowest BCUT2D eigenvalue weighted by Gasteiger charge is -2.16. The van der Waals surface area contributed by atoms with Gasteiger partial charge in [-0.05, 0) is 24.3 Å². The van der Waals surface area contributed by atoms with Crippen LogP contribution in [0.5, 0.6) is 0 Å². The van der Waals surface area contributed by atoms with E-state index >= 15 is 0 Å². The number of aliphatic hydroxyl groups is 1. The molecule has 0 aliphatic carbocycles. The highest BCUT2D eigenvalue weighted by Crippen LogP contribution is 2.26. The van der Waals surface area contributed by atoms with Crippen molar-refractivity contribution in [3.05, 3.63) is 35.5 Å². The van der Waals surface area contributed by atoms with Crippen LogP contribution in [-0.4, -0.2) is 60.5 Å². The number of hydrogen-bond donors (Lipinski definition) is 2. The second-order valence-electron chi connectivity index (χ2n) is 6.09. The summed E-state index contributed by atoms with van der Waals surface area (Å²) < 4.78 is 4.73. The number of β-amino-alcohol motifs (C(OH)–C–C–N with tert-alkyl or cyclic N) is 1. The van der Waals surface area contributed by atoms with Gasteiger partial charge in [0.2, 0.25) is 11.8 Å². The monoisotopic (exact) mass is 373 g/mol. The number of aliphatic hydroxyl groups excluding tert-OH is 1. The third-order valence-corrected chi connectivity index (χ3v) is 4.40. The fourth-order valence-electron chi connectivity index (χ4n) is 3.05. The summed E-state index contributed by atoms with van der Waals surface area (Å²) in [5.74, 6) is -1.54. The first-order chi connectivity index (χ1) is 13.0. The number of nitrogens with zero attached hydrogens (tertiary/aromatic N) is 2. The molecule has 2 N–H and O–H groups in total. The minimum Gasteiger partial charge on any atom is -0.466 e. The van der Waals surface area contributed by atoms with Crippen molar-refractivity contribution in [2.45, 2.75) is 12.8 Å². The highest BCUT2D eigenvalue weighted by atomic mass is 16.5. The summed E-state index contributed by atoms with van der Waals surface area (Å²) in [6.07, 6.45) is 0.396. The number of anilines is 2. The molecule has 2 heterocycles. The van der Waals surface area contributed by atoms with E-state index in [1.54, 1.807) is 24.3 Å². The van der Waals surface area contributed by atoms with Gasteiger partial charge in [0.25, 0.3) is 5.91 Å². The van der Waals surface area contributed by atoms with Crippen molar-refractivity contribution in [1.29, 1.82) is 0 Å². The van der Waals surface area contributed by atoms with Gasteiger partial charge in [-0.3, -0.25) is 19.3 Å². The molecule has 0 aromatic heterocycles. The quantitative estimate of drug-likeness (QED) is 0.533. The summed E-state index contributed by atoms with van der Waals surface area (Å²) in [5, 5.41) is 12.0. The number of carbonyl (C=O) groups excluding carboxylic acids is 4. The zero-order valence-corrected chi connectivity index (χ0v) is 14.7. The number of esters is 1. The first-order valence-electron chi connectivity index (χ1n) is 8.40. The zero-order chi connectivity index (χ0) is 19.6. The molecule has 27 heavy (non-hydrogen) atoms. The number of amides is 3. The van der Waals surface area contributed by atoms with E-state index in [4.69, 9.17) is 9.84 Å². The molecule has 0 radical (unpaired) electrons. The molecule has 142 valence electrons. The maximum atomic E-state index is 12.5. The fourth-order valence-corrected chi connectivity index (χ4v) is 3.05. The van der Waals surface area contributed by atoms with Gasteiger partial charge in [-0.15, -0.1) is 0 Å². The van der Waals surface area contributed by atoms with Crippen LogP contribution in [0.15, 0.2) is 35.5 Å². The summed E-state index contributed by atoms with van der Waals surface area (Å²) >= 11 is 0. The van der Waals surface area contributed by atoms with Crippen LogP contribution in [0.25, 0.3) is 0 Å². The molecule has 2 aliphatic rings. The molecule has 1 aromatic rings.